The van der Waals surface area contributed by atoms with E-state index in [2.05, 4.69) is 5.32 Å². The molecular formula is C16H21BF3NO4. The van der Waals surface area contributed by atoms with Gasteiger partial charge in [0.1, 0.15) is 5.75 Å². The van der Waals surface area contributed by atoms with Crippen molar-refractivity contribution in [1.29, 1.82) is 0 Å². The standard InChI is InChI=1S/C16H21BF3NO4/c18-16(19,20)12-4-5-14(25-15-3-1-2-8-22-15)13(11-12)17-23-9-6-21-7-10-24-17/h4-5,11,15,21H,1-3,6-10H2. The zero-order chi connectivity index (χ0) is 17.7. The van der Waals surface area contributed by atoms with Crippen LogP contribution in [0.15, 0.2) is 18.2 Å². The average molecular weight is 359 g/mol. The van der Waals surface area contributed by atoms with Crippen LogP contribution in [-0.2, 0) is 20.2 Å². The molecule has 2 heterocycles. The highest BCUT2D eigenvalue weighted by Crippen LogP contribution is 2.30. The van der Waals surface area contributed by atoms with Gasteiger partial charge in [-0.15, -0.1) is 0 Å². The Kier molecular flexibility index (Phi) is 6.22. The molecule has 0 aromatic heterocycles. The zero-order valence-electron chi connectivity index (χ0n) is 13.8. The molecule has 9 heteroatoms. The lowest BCUT2D eigenvalue weighted by molar-refractivity contribution is -0.137. The Morgan fingerprint density at radius 2 is 1.84 bits per heavy atom. The fourth-order valence-electron chi connectivity index (χ4n) is 2.79. The van der Waals surface area contributed by atoms with Gasteiger partial charge in [-0.25, -0.2) is 0 Å². The smallest absolute Gasteiger partial charge is 0.465 e. The molecule has 138 valence electrons. The summed E-state index contributed by atoms with van der Waals surface area (Å²) in [5.74, 6) is 0.304. The molecule has 0 bridgehead atoms. The van der Waals surface area contributed by atoms with Crippen molar-refractivity contribution in [2.45, 2.75) is 31.7 Å². The molecule has 2 aliphatic rings. The zero-order valence-corrected chi connectivity index (χ0v) is 13.8. The van der Waals surface area contributed by atoms with E-state index < -0.39 is 25.1 Å². The lowest BCUT2D eigenvalue weighted by Crippen LogP contribution is -2.44. The second-order valence-electron chi connectivity index (χ2n) is 5.99. The molecule has 2 fully saturated rings. The number of nitrogens with one attached hydrogen (secondary N) is 1. The summed E-state index contributed by atoms with van der Waals surface area (Å²) >= 11 is 0. The molecule has 0 aliphatic carbocycles. The van der Waals surface area contributed by atoms with E-state index in [1.54, 1.807) is 0 Å². The SMILES string of the molecule is FC(F)(F)c1ccc(OC2CCCCO2)c(B2OCCNCCO2)c1. The van der Waals surface area contributed by atoms with Crippen LogP contribution in [0.25, 0.3) is 0 Å². The summed E-state index contributed by atoms with van der Waals surface area (Å²) in [6.07, 6.45) is -2.28. The van der Waals surface area contributed by atoms with Gasteiger partial charge in [0.25, 0.3) is 0 Å². The number of hydrogen-bond donors (Lipinski definition) is 1. The number of alkyl halides is 3. The Bertz CT molecular complexity index is 559. The van der Waals surface area contributed by atoms with Crippen LogP contribution in [0.2, 0.25) is 0 Å². The summed E-state index contributed by atoms with van der Waals surface area (Å²) in [5, 5.41) is 3.09. The number of ether oxygens (including phenoxy) is 2. The van der Waals surface area contributed by atoms with E-state index in [0.717, 1.165) is 25.0 Å². The first-order chi connectivity index (χ1) is 12.0. The molecule has 1 aromatic rings. The second-order valence-corrected chi connectivity index (χ2v) is 5.99. The quantitative estimate of drug-likeness (QED) is 0.836. The molecule has 1 unspecified atom stereocenters. The van der Waals surface area contributed by atoms with Crippen LogP contribution in [0.3, 0.4) is 0 Å². The van der Waals surface area contributed by atoms with Gasteiger partial charge in [-0.1, -0.05) is 0 Å². The van der Waals surface area contributed by atoms with Crippen molar-refractivity contribution in [1.82, 2.24) is 5.32 Å². The van der Waals surface area contributed by atoms with Gasteiger partial charge in [-0.3, -0.25) is 0 Å². The van der Waals surface area contributed by atoms with Crippen molar-refractivity contribution in [3.63, 3.8) is 0 Å². The summed E-state index contributed by atoms with van der Waals surface area (Å²) in [5.41, 5.74) is -0.516. The Balaban J connectivity index is 1.86. The van der Waals surface area contributed by atoms with E-state index in [4.69, 9.17) is 18.8 Å². The van der Waals surface area contributed by atoms with Gasteiger partial charge in [0, 0.05) is 38.2 Å². The highest BCUT2D eigenvalue weighted by Gasteiger charge is 2.35. The highest BCUT2D eigenvalue weighted by molar-refractivity contribution is 6.62. The number of hydrogen-bond acceptors (Lipinski definition) is 5. The van der Waals surface area contributed by atoms with E-state index in [0.29, 0.717) is 45.1 Å². The second kappa shape index (κ2) is 8.40. The van der Waals surface area contributed by atoms with Gasteiger partial charge < -0.3 is 24.1 Å². The molecule has 1 N–H and O–H groups in total. The number of rotatable bonds is 3. The van der Waals surface area contributed by atoms with E-state index in [-0.39, 0.29) is 5.46 Å². The minimum Gasteiger partial charge on any atom is -0.465 e. The summed E-state index contributed by atoms with van der Waals surface area (Å²) < 4.78 is 61.9. The largest absolute Gasteiger partial charge is 0.497 e. The van der Waals surface area contributed by atoms with Crippen LogP contribution in [-0.4, -0.2) is 46.3 Å². The van der Waals surface area contributed by atoms with Crippen molar-refractivity contribution in [2.24, 2.45) is 0 Å². The molecule has 0 radical (unpaired) electrons. The summed E-state index contributed by atoms with van der Waals surface area (Å²) in [7, 11) is -0.900. The van der Waals surface area contributed by atoms with Crippen LogP contribution in [0.1, 0.15) is 24.8 Å². The lowest BCUT2D eigenvalue weighted by Gasteiger charge is -2.26. The molecule has 2 saturated heterocycles. The molecule has 0 amide bonds. The Hall–Kier alpha value is -1.29. The fraction of sp³-hybridized carbons (Fsp3) is 0.625. The van der Waals surface area contributed by atoms with Crippen molar-refractivity contribution in [3.8, 4) is 5.75 Å². The van der Waals surface area contributed by atoms with Crippen LogP contribution < -0.4 is 15.5 Å². The van der Waals surface area contributed by atoms with Crippen LogP contribution >= 0.6 is 0 Å². The maximum atomic E-state index is 13.1. The van der Waals surface area contributed by atoms with Gasteiger partial charge in [0.05, 0.1) is 12.2 Å². The molecule has 1 atom stereocenters. The first-order valence-electron chi connectivity index (χ1n) is 8.47. The van der Waals surface area contributed by atoms with Gasteiger partial charge in [-0.05, 0) is 31.0 Å². The van der Waals surface area contributed by atoms with Crippen molar-refractivity contribution >= 4 is 12.6 Å². The van der Waals surface area contributed by atoms with Crippen molar-refractivity contribution in [3.05, 3.63) is 23.8 Å². The Labute approximate surface area is 144 Å². The normalized spacial score (nSPS) is 23.0. The molecule has 0 saturated carbocycles. The molecular weight excluding hydrogens is 338 g/mol. The lowest BCUT2D eigenvalue weighted by atomic mass is 9.77. The minimum atomic E-state index is -4.45. The third kappa shape index (κ3) is 5.10. The Morgan fingerprint density at radius 3 is 2.48 bits per heavy atom. The van der Waals surface area contributed by atoms with Crippen molar-refractivity contribution < 1.29 is 32.0 Å². The predicted octanol–water partition coefficient (Wildman–Crippen LogP) is 1.94. The summed E-state index contributed by atoms with van der Waals surface area (Å²) in [6, 6.07) is 3.36. The Morgan fingerprint density at radius 1 is 1.08 bits per heavy atom. The molecule has 3 rings (SSSR count). The first-order valence-corrected chi connectivity index (χ1v) is 8.47. The fourth-order valence-corrected chi connectivity index (χ4v) is 2.79. The third-order valence-corrected chi connectivity index (χ3v) is 4.08. The van der Waals surface area contributed by atoms with E-state index in [1.807, 2.05) is 0 Å². The topological polar surface area (TPSA) is 49.0 Å². The average Bonchev–Trinajstić information content (AvgIpc) is 2.55. The van der Waals surface area contributed by atoms with Gasteiger partial charge >= 0.3 is 13.3 Å². The van der Waals surface area contributed by atoms with Crippen LogP contribution in [0.5, 0.6) is 5.75 Å². The third-order valence-electron chi connectivity index (χ3n) is 4.08. The molecule has 0 spiro atoms. The first kappa shape index (κ1) is 18.5. The maximum absolute atomic E-state index is 13.1. The summed E-state index contributed by atoms with van der Waals surface area (Å²) in [4.78, 5) is 0. The molecule has 1 aromatic carbocycles. The molecule has 25 heavy (non-hydrogen) atoms. The molecule has 2 aliphatic heterocycles. The summed E-state index contributed by atoms with van der Waals surface area (Å²) in [6.45, 7) is 2.48. The predicted molar refractivity (Wildman–Crippen MR) is 85.8 cm³/mol. The number of benzene rings is 1. The highest BCUT2D eigenvalue weighted by atomic mass is 19.4. The van der Waals surface area contributed by atoms with E-state index in [1.165, 1.54) is 6.07 Å². The van der Waals surface area contributed by atoms with Crippen LogP contribution in [0, 0.1) is 0 Å². The number of halogens is 3. The van der Waals surface area contributed by atoms with Gasteiger partial charge in [0.15, 0.2) is 6.29 Å². The maximum Gasteiger partial charge on any atom is 0.497 e. The van der Waals surface area contributed by atoms with Crippen molar-refractivity contribution in [2.75, 3.05) is 32.9 Å². The monoisotopic (exact) mass is 359 g/mol. The van der Waals surface area contributed by atoms with E-state index >= 15 is 0 Å². The van der Waals surface area contributed by atoms with Gasteiger partial charge in [-0.2, -0.15) is 13.2 Å². The molecule has 5 nitrogen and oxygen atoms in total. The van der Waals surface area contributed by atoms with Gasteiger partial charge in [0.2, 0.25) is 0 Å². The minimum absolute atomic E-state index is 0.242. The van der Waals surface area contributed by atoms with E-state index in [9.17, 15) is 13.2 Å². The van der Waals surface area contributed by atoms with Crippen LogP contribution in [0.4, 0.5) is 13.2 Å².